The Labute approximate surface area is 91.2 Å². The number of rotatable bonds is 3. The first kappa shape index (κ1) is 11.7. The van der Waals surface area contributed by atoms with Gasteiger partial charge in [0.25, 0.3) is 0 Å². The van der Waals surface area contributed by atoms with Crippen molar-refractivity contribution < 1.29 is 4.84 Å². The van der Waals surface area contributed by atoms with Crippen LogP contribution in [0.1, 0.15) is 33.4 Å². The maximum Gasteiger partial charge on any atom is 0.159 e. The minimum Gasteiger partial charge on any atom is -0.389 e. The van der Waals surface area contributed by atoms with Crippen molar-refractivity contribution in [3.63, 3.8) is 0 Å². The van der Waals surface area contributed by atoms with Gasteiger partial charge in [0.15, 0.2) is 6.61 Å². The van der Waals surface area contributed by atoms with Gasteiger partial charge in [0.05, 0.1) is 11.4 Å². The molecule has 0 aromatic carbocycles. The van der Waals surface area contributed by atoms with Crippen LogP contribution in [0.3, 0.4) is 0 Å². The number of aromatic nitrogens is 1. The first-order chi connectivity index (χ1) is 7.00. The van der Waals surface area contributed by atoms with Crippen LogP contribution in [-0.4, -0.2) is 10.7 Å². The second kappa shape index (κ2) is 4.91. The van der Waals surface area contributed by atoms with Crippen LogP contribution in [0.2, 0.25) is 0 Å². The second-order valence-electron chi connectivity index (χ2n) is 4.52. The highest BCUT2D eigenvalue weighted by atomic mass is 16.6. The molecule has 0 aliphatic heterocycles. The molecule has 0 N–H and O–H groups in total. The van der Waals surface area contributed by atoms with Crippen molar-refractivity contribution in [3.05, 3.63) is 30.1 Å². The summed E-state index contributed by atoms with van der Waals surface area (Å²) < 4.78 is 0. The summed E-state index contributed by atoms with van der Waals surface area (Å²) in [7, 11) is 0. The number of nitrogens with zero attached hydrogens (tertiary/aromatic N) is 2. The van der Waals surface area contributed by atoms with E-state index in [1.54, 1.807) is 6.20 Å². The lowest BCUT2D eigenvalue weighted by molar-refractivity contribution is 0.125. The molecule has 0 amide bonds. The average Bonchev–Trinajstić information content (AvgIpc) is 2.18. The minimum absolute atomic E-state index is 0.0596. The third-order valence-corrected chi connectivity index (χ3v) is 2.23. The zero-order valence-corrected chi connectivity index (χ0v) is 9.82. The van der Waals surface area contributed by atoms with Crippen molar-refractivity contribution in [1.29, 1.82) is 0 Å². The van der Waals surface area contributed by atoms with Crippen molar-refractivity contribution in [3.8, 4) is 0 Å². The number of oxime groups is 1. The lowest BCUT2D eigenvalue weighted by Crippen LogP contribution is -2.17. The molecule has 15 heavy (non-hydrogen) atoms. The van der Waals surface area contributed by atoms with Crippen LogP contribution in [-0.2, 0) is 11.4 Å². The van der Waals surface area contributed by atoms with Crippen molar-refractivity contribution in [1.82, 2.24) is 4.98 Å². The quantitative estimate of drug-likeness (QED) is 0.562. The Morgan fingerprint density at radius 2 is 2.13 bits per heavy atom. The lowest BCUT2D eigenvalue weighted by atomic mass is 9.91. The Hall–Kier alpha value is -1.38. The van der Waals surface area contributed by atoms with Crippen LogP contribution >= 0.6 is 0 Å². The molecule has 1 aromatic heterocycles. The largest absolute Gasteiger partial charge is 0.389 e. The molecule has 0 saturated heterocycles. The molecule has 0 bridgehead atoms. The predicted octanol–water partition coefficient (Wildman–Crippen LogP) is 3.02. The molecular weight excluding hydrogens is 188 g/mol. The van der Waals surface area contributed by atoms with Crippen LogP contribution in [0.5, 0.6) is 0 Å². The summed E-state index contributed by atoms with van der Waals surface area (Å²) in [5.74, 6) is 0. The van der Waals surface area contributed by atoms with E-state index in [1.165, 1.54) is 0 Å². The molecule has 0 spiro atoms. The molecule has 1 rings (SSSR count). The van der Waals surface area contributed by atoms with Gasteiger partial charge in [-0.3, -0.25) is 4.98 Å². The van der Waals surface area contributed by atoms with E-state index < -0.39 is 0 Å². The van der Waals surface area contributed by atoms with E-state index in [-0.39, 0.29) is 5.41 Å². The van der Waals surface area contributed by atoms with Gasteiger partial charge in [0, 0.05) is 11.6 Å². The minimum atomic E-state index is 0.0596. The van der Waals surface area contributed by atoms with Crippen LogP contribution < -0.4 is 0 Å². The van der Waals surface area contributed by atoms with Gasteiger partial charge in [-0.05, 0) is 19.1 Å². The summed E-state index contributed by atoms with van der Waals surface area (Å²) in [5, 5.41) is 4.07. The third-order valence-electron chi connectivity index (χ3n) is 2.23. The van der Waals surface area contributed by atoms with Crippen molar-refractivity contribution >= 4 is 5.71 Å². The Kier molecular flexibility index (Phi) is 3.83. The summed E-state index contributed by atoms with van der Waals surface area (Å²) in [6, 6.07) is 5.74. The SMILES string of the molecule is C/C(=N\OCc1ccccn1)C(C)(C)C. The van der Waals surface area contributed by atoms with Gasteiger partial charge < -0.3 is 4.84 Å². The highest BCUT2D eigenvalue weighted by molar-refractivity contribution is 5.86. The zero-order chi connectivity index (χ0) is 11.3. The Morgan fingerprint density at radius 3 is 2.67 bits per heavy atom. The van der Waals surface area contributed by atoms with E-state index in [0.717, 1.165) is 11.4 Å². The fourth-order valence-electron chi connectivity index (χ4n) is 0.816. The molecule has 1 heterocycles. The van der Waals surface area contributed by atoms with Gasteiger partial charge in [0.2, 0.25) is 0 Å². The van der Waals surface area contributed by atoms with E-state index >= 15 is 0 Å². The van der Waals surface area contributed by atoms with Crippen molar-refractivity contribution in [2.45, 2.75) is 34.3 Å². The standard InChI is InChI=1S/C12H18N2O/c1-10(12(2,3)4)14-15-9-11-7-5-6-8-13-11/h5-8H,9H2,1-4H3/b14-10+. The Bertz CT molecular complexity index is 325. The summed E-state index contributed by atoms with van der Waals surface area (Å²) in [4.78, 5) is 9.38. The van der Waals surface area contributed by atoms with E-state index in [9.17, 15) is 0 Å². The summed E-state index contributed by atoms with van der Waals surface area (Å²) in [5.41, 5.74) is 1.94. The molecule has 0 unspecified atom stereocenters. The normalized spacial score (nSPS) is 12.7. The molecule has 0 aliphatic rings. The molecule has 3 nitrogen and oxygen atoms in total. The maximum absolute atomic E-state index is 5.23. The summed E-state index contributed by atoms with van der Waals surface area (Å²) in [6.07, 6.45) is 1.75. The van der Waals surface area contributed by atoms with Crippen molar-refractivity contribution in [2.75, 3.05) is 0 Å². The number of hydrogen-bond acceptors (Lipinski definition) is 3. The zero-order valence-electron chi connectivity index (χ0n) is 9.82. The molecular formula is C12H18N2O. The van der Waals surface area contributed by atoms with Gasteiger partial charge in [-0.15, -0.1) is 0 Å². The predicted molar refractivity (Wildman–Crippen MR) is 61.6 cm³/mol. The highest BCUT2D eigenvalue weighted by Crippen LogP contribution is 2.15. The summed E-state index contributed by atoms with van der Waals surface area (Å²) in [6.45, 7) is 8.72. The van der Waals surface area contributed by atoms with Gasteiger partial charge >= 0.3 is 0 Å². The molecule has 82 valence electrons. The van der Waals surface area contributed by atoms with E-state index in [1.807, 2.05) is 25.1 Å². The van der Waals surface area contributed by atoms with Crippen LogP contribution in [0.15, 0.2) is 29.6 Å². The number of pyridine rings is 1. The van der Waals surface area contributed by atoms with Gasteiger partial charge in [-0.2, -0.15) is 0 Å². The van der Waals surface area contributed by atoms with Gasteiger partial charge in [0.1, 0.15) is 0 Å². The van der Waals surface area contributed by atoms with Crippen LogP contribution in [0.4, 0.5) is 0 Å². The molecule has 1 aromatic rings. The first-order valence-corrected chi connectivity index (χ1v) is 5.07. The van der Waals surface area contributed by atoms with E-state index in [0.29, 0.717) is 6.61 Å². The summed E-state index contributed by atoms with van der Waals surface area (Å²) >= 11 is 0. The Morgan fingerprint density at radius 1 is 1.40 bits per heavy atom. The molecule has 0 aliphatic carbocycles. The monoisotopic (exact) mass is 206 g/mol. The molecule has 0 fully saturated rings. The second-order valence-corrected chi connectivity index (χ2v) is 4.52. The smallest absolute Gasteiger partial charge is 0.159 e. The topological polar surface area (TPSA) is 34.5 Å². The first-order valence-electron chi connectivity index (χ1n) is 5.07. The Balaban J connectivity index is 2.46. The molecule has 3 heteroatoms. The fourth-order valence-corrected chi connectivity index (χ4v) is 0.816. The van der Waals surface area contributed by atoms with Crippen molar-refractivity contribution in [2.24, 2.45) is 10.6 Å². The van der Waals surface area contributed by atoms with Crippen LogP contribution in [0, 0.1) is 5.41 Å². The van der Waals surface area contributed by atoms with E-state index in [4.69, 9.17) is 4.84 Å². The molecule has 0 saturated carbocycles. The highest BCUT2D eigenvalue weighted by Gasteiger charge is 2.14. The van der Waals surface area contributed by atoms with E-state index in [2.05, 4.69) is 30.9 Å². The average molecular weight is 206 g/mol. The fraction of sp³-hybridized carbons (Fsp3) is 0.500. The lowest BCUT2D eigenvalue weighted by Gasteiger charge is -2.16. The number of hydrogen-bond donors (Lipinski definition) is 0. The third kappa shape index (κ3) is 4.11. The molecule has 0 atom stereocenters. The van der Waals surface area contributed by atoms with Gasteiger partial charge in [-0.25, -0.2) is 0 Å². The van der Waals surface area contributed by atoms with Gasteiger partial charge in [-0.1, -0.05) is 32.0 Å². The van der Waals surface area contributed by atoms with Crippen LogP contribution in [0.25, 0.3) is 0 Å². The molecule has 0 radical (unpaired) electrons. The maximum atomic E-state index is 5.23.